The molecule has 0 radical (unpaired) electrons. The predicted octanol–water partition coefficient (Wildman–Crippen LogP) is 5.45. The van der Waals surface area contributed by atoms with Gasteiger partial charge in [-0.2, -0.15) is 0 Å². The molecule has 0 aliphatic carbocycles. The van der Waals surface area contributed by atoms with Gasteiger partial charge < -0.3 is 5.32 Å². The zero-order valence-electron chi connectivity index (χ0n) is 14.4. The molecule has 3 nitrogen and oxygen atoms in total. The van der Waals surface area contributed by atoms with Crippen LogP contribution in [0, 0.1) is 6.92 Å². The van der Waals surface area contributed by atoms with Gasteiger partial charge in [0.05, 0.1) is 15.2 Å². The number of benzene rings is 3. The van der Waals surface area contributed by atoms with Crippen molar-refractivity contribution in [2.45, 2.75) is 13.3 Å². The van der Waals surface area contributed by atoms with Crippen molar-refractivity contribution in [2.24, 2.45) is 0 Å². The predicted molar refractivity (Wildman–Crippen MR) is 108 cm³/mol. The van der Waals surface area contributed by atoms with Gasteiger partial charge >= 0.3 is 0 Å². The summed E-state index contributed by atoms with van der Waals surface area (Å²) in [7, 11) is 0. The highest BCUT2D eigenvalue weighted by Crippen LogP contribution is 2.24. The van der Waals surface area contributed by atoms with Gasteiger partial charge in [0, 0.05) is 17.7 Å². The largest absolute Gasteiger partial charge is 0.322 e. The van der Waals surface area contributed by atoms with Gasteiger partial charge in [-0.25, -0.2) is 4.98 Å². The van der Waals surface area contributed by atoms with Crippen molar-refractivity contribution < 1.29 is 4.79 Å². The van der Waals surface area contributed by atoms with E-state index in [0.717, 1.165) is 28.2 Å². The van der Waals surface area contributed by atoms with Crippen LogP contribution in [0.15, 0.2) is 72.8 Å². The smallest absolute Gasteiger partial charge is 0.255 e. The first-order chi connectivity index (χ1) is 12.7. The minimum atomic E-state index is -0.0815. The number of carbonyl (C=O) groups excluding carboxylic acids is 1. The number of rotatable bonds is 4. The maximum Gasteiger partial charge on any atom is 0.255 e. The molecular weight excluding hydrogens is 340 g/mol. The van der Waals surface area contributed by atoms with Crippen LogP contribution in [-0.4, -0.2) is 10.9 Å². The number of thiazole rings is 1. The Kier molecular flexibility index (Phi) is 4.50. The highest BCUT2D eigenvalue weighted by atomic mass is 32.1. The molecule has 0 unspecified atom stereocenters. The second kappa shape index (κ2) is 7.10. The maximum atomic E-state index is 12.4. The third-order valence-corrected chi connectivity index (χ3v) is 5.33. The molecule has 0 bridgehead atoms. The lowest BCUT2D eigenvalue weighted by atomic mass is 10.1. The third kappa shape index (κ3) is 3.51. The summed E-state index contributed by atoms with van der Waals surface area (Å²) in [5, 5.41) is 4.06. The second-order valence-electron chi connectivity index (χ2n) is 6.22. The molecule has 3 aromatic carbocycles. The van der Waals surface area contributed by atoms with Crippen LogP contribution >= 0.6 is 11.3 Å². The SMILES string of the molecule is Cc1ccccc1C(=O)Nc1ccc(Cc2nc3ccccc3s2)cc1. The molecule has 0 atom stereocenters. The summed E-state index contributed by atoms with van der Waals surface area (Å²) in [6.07, 6.45) is 0.797. The molecule has 0 saturated heterocycles. The fourth-order valence-corrected chi connectivity index (χ4v) is 3.90. The number of nitrogens with zero attached hydrogens (tertiary/aromatic N) is 1. The van der Waals surface area contributed by atoms with E-state index in [1.54, 1.807) is 11.3 Å². The quantitative estimate of drug-likeness (QED) is 0.527. The van der Waals surface area contributed by atoms with Crippen molar-refractivity contribution in [2.75, 3.05) is 5.32 Å². The highest BCUT2D eigenvalue weighted by Gasteiger charge is 2.09. The molecule has 4 heteroatoms. The van der Waals surface area contributed by atoms with Crippen molar-refractivity contribution in [1.29, 1.82) is 0 Å². The summed E-state index contributed by atoms with van der Waals surface area (Å²) in [4.78, 5) is 17.1. The van der Waals surface area contributed by atoms with Crippen LogP contribution in [0.5, 0.6) is 0 Å². The van der Waals surface area contributed by atoms with Crippen LogP contribution in [-0.2, 0) is 6.42 Å². The van der Waals surface area contributed by atoms with Crippen molar-refractivity contribution in [3.63, 3.8) is 0 Å². The Balaban J connectivity index is 1.46. The lowest BCUT2D eigenvalue weighted by Crippen LogP contribution is -2.13. The van der Waals surface area contributed by atoms with Gasteiger partial charge in [0.1, 0.15) is 0 Å². The summed E-state index contributed by atoms with van der Waals surface area (Å²) >= 11 is 1.72. The van der Waals surface area contributed by atoms with E-state index in [1.165, 1.54) is 10.3 Å². The second-order valence-corrected chi connectivity index (χ2v) is 7.33. The number of carbonyl (C=O) groups is 1. The molecular formula is C22H18N2OS. The molecule has 1 heterocycles. The van der Waals surface area contributed by atoms with Gasteiger partial charge in [-0.3, -0.25) is 4.79 Å². The fraction of sp³-hybridized carbons (Fsp3) is 0.0909. The van der Waals surface area contributed by atoms with Crippen molar-refractivity contribution in [3.8, 4) is 0 Å². The zero-order valence-corrected chi connectivity index (χ0v) is 15.2. The van der Waals surface area contributed by atoms with E-state index in [-0.39, 0.29) is 5.91 Å². The molecule has 1 N–H and O–H groups in total. The number of aryl methyl sites for hydroxylation is 1. The number of hydrogen-bond acceptors (Lipinski definition) is 3. The van der Waals surface area contributed by atoms with Crippen LogP contribution in [0.4, 0.5) is 5.69 Å². The molecule has 0 aliphatic heterocycles. The Labute approximate surface area is 156 Å². The Hall–Kier alpha value is -2.98. The molecule has 4 aromatic rings. The van der Waals surface area contributed by atoms with Crippen LogP contribution in [0.25, 0.3) is 10.2 Å². The number of aromatic nitrogens is 1. The van der Waals surface area contributed by atoms with Crippen molar-refractivity contribution >= 4 is 33.1 Å². The Morgan fingerprint density at radius 3 is 2.46 bits per heavy atom. The summed E-state index contributed by atoms with van der Waals surface area (Å²) in [5.74, 6) is -0.0815. The molecule has 128 valence electrons. The van der Waals surface area contributed by atoms with E-state index in [2.05, 4.69) is 16.4 Å². The average molecular weight is 358 g/mol. The number of fused-ring (bicyclic) bond motifs is 1. The van der Waals surface area contributed by atoms with E-state index in [0.29, 0.717) is 5.56 Å². The number of anilines is 1. The summed E-state index contributed by atoms with van der Waals surface area (Å²) in [5.41, 5.74) is 4.70. The van der Waals surface area contributed by atoms with Gasteiger partial charge in [0.15, 0.2) is 0 Å². The number of amides is 1. The van der Waals surface area contributed by atoms with Crippen LogP contribution in [0.3, 0.4) is 0 Å². The molecule has 1 amide bonds. The monoisotopic (exact) mass is 358 g/mol. The fourth-order valence-electron chi connectivity index (χ4n) is 2.90. The lowest BCUT2D eigenvalue weighted by Gasteiger charge is -2.08. The zero-order chi connectivity index (χ0) is 17.9. The Bertz CT molecular complexity index is 1030. The molecule has 0 fully saturated rings. The summed E-state index contributed by atoms with van der Waals surface area (Å²) < 4.78 is 1.21. The Morgan fingerprint density at radius 1 is 0.962 bits per heavy atom. The maximum absolute atomic E-state index is 12.4. The van der Waals surface area contributed by atoms with E-state index >= 15 is 0 Å². The van der Waals surface area contributed by atoms with Gasteiger partial charge in [-0.1, -0.05) is 42.5 Å². The topological polar surface area (TPSA) is 42.0 Å². The average Bonchev–Trinajstić information content (AvgIpc) is 3.06. The molecule has 26 heavy (non-hydrogen) atoms. The highest BCUT2D eigenvalue weighted by molar-refractivity contribution is 7.18. The van der Waals surface area contributed by atoms with E-state index < -0.39 is 0 Å². The number of para-hydroxylation sites is 1. The molecule has 0 aliphatic rings. The lowest BCUT2D eigenvalue weighted by molar-refractivity contribution is 0.102. The number of nitrogens with one attached hydrogen (secondary N) is 1. The van der Waals surface area contributed by atoms with Gasteiger partial charge in [0.2, 0.25) is 0 Å². The molecule has 1 aromatic heterocycles. The van der Waals surface area contributed by atoms with Crippen LogP contribution in [0.1, 0.15) is 26.5 Å². The standard InChI is InChI=1S/C22H18N2OS/c1-15-6-2-3-7-18(15)22(25)23-17-12-10-16(11-13-17)14-21-24-19-8-4-5-9-20(19)26-21/h2-13H,14H2,1H3,(H,23,25). The van der Waals surface area contributed by atoms with Gasteiger partial charge in [-0.15, -0.1) is 11.3 Å². The first-order valence-electron chi connectivity index (χ1n) is 8.49. The molecule has 0 spiro atoms. The van der Waals surface area contributed by atoms with E-state index in [1.807, 2.05) is 73.7 Å². The first-order valence-corrected chi connectivity index (χ1v) is 9.31. The Morgan fingerprint density at radius 2 is 1.69 bits per heavy atom. The van der Waals surface area contributed by atoms with Crippen LogP contribution in [0.2, 0.25) is 0 Å². The summed E-state index contributed by atoms with van der Waals surface area (Å²) in [6, 6.07) is 23.7. The van der Waals surface area contributed by atoms with E-state index in [9.17, 15) is 4.79 Å². The molecule has 4 rings (SSSR count). The van der Waals surface area contributed by atoms with Gasteiger partial charge in [-0.05, 0) is 48.4 Å². The third-order valence-electron chi connectivity index (χ3n) is 4.30. The molecule has 0 saturated carbocycles. The van der Waals surface area contributed by atoms with Crippen LogP contribution < -0.4 is 5.32 Å². The summed E-state index contributed by atoms with van der Waals surface area (Å²) in [6.45, 7) is 1.94. The first kappa shape index (κ1) is 16.5. The normalized spacial score (nSPS) is 10.8. The van der Waals surface area contributed by atoms with E-state index in [4.69, 9.17) is 0 Å². The minimum Gasteiger partial charge on any atom is -0.322 e. The number of hydrogen-bond donors (Lipinski definition) is 1. The van der Waals surface area contributed by atoms with Crippen molar-refractivity contribution in [3.05, 3.63) is 94.5 Å². The minimum absolute atomic E-state index is 0.0815. The van der Waals surface area contributed by atoms with Crippen molar-refractivity contribution in [1.82, 2.24) is 4.98 Å². The van der Waals surface area contributed by atoms with Gasteiger partial charge in [0.25, 0.3) is 5.91 Å².